The maximum atomic E-state index is 9.89. The minimum atomic E-state index is -0.530. The van der Waals surface area contributed by atoms with E-state index >= 15 is 0 Å². The van der Waals surface area contributed by atoms with Crippen molar-refractivity contribution >= 4 is 0 Å². The Morgan fingerprint density at radius 1 is 1.62 bits per heavy atom. The lowest BCUT2D eigenvalue weighted by Gasteiger charge is -2.25. The van der Waals surface area contributed by atoms with Crippen molar-refractivity contribution in [3.05, 3.63) is 0 Å². The first-order valence-corrected chi connectivity index (χ1v) is 5.30. The number of hydrogen-bond acceptors (Lipinski definition) is 3. The highest BCUT2D eigenvalue weighted by Gasteiger charge is 2.21. The molecule has 2 atom stereocenters. The van der Waals surface area contributed by atoms with Gasteiger partial charge in [-0.1, -0.05) is 13.3 Å². The van der Waals surface area contributed by atoms with Crippen LogP contribution >= 0.6 is 0 Å². The van der Waals surface area contributed by atoms with Gasteiger partial charge in [-0.25, -0.2) is 0 Å². The first kappa shape index (κ1) is 11.0. The molecule has 3 heteroatoms. The average Bonchev–Trinajstić information content (AvgIpc) is 2.52. The van der Waals surface area contributed by atoms with E-state index in [9.17, 15) is 5.11 Å². The molecule has 2 unspecified atom stereocenters. The van der Waals surface area contributed by atoms with Gasteiger partial charge < -0.3 is 15.7 Å². The topological polar surface area (TPSA) is 44.3 Å². The normalized spacial score (nSPS) is 27.5. The van der Waals surface area contributed by atoms with Crippen molar-refractivity contribution in [3.8, 4) is 0 Å². The van der Waals surface area contributed by atoms with Gasteiger partial charge in [-0.15, -0.1) is 0 Å². The molecule has 1 rings (SSSR count). The molecule has 0 radical (unpaired) electrons. The van der Waals surface area contributed by atoms with Crippen molar-refractivity contribution in [2.45, 2.75) is 44.8 Å². The molecule has 1 aliphatic rings. The van der Waals surface area contributed by atoms with E-state index in [2.05, 4.69) is 17.6 Å². The van der Waals surface area contributed by atoms with E-state index in [1.807, 2.05) is 6.92 Å². The van der Waals surface area contributed by atoms with Crippen LogP contribution in [0.2, 0.25) is 0 Å². The minimum absolute atomic E-state index is 0.530. The van der Waals surface area contributed by atoms with Gasteiger partial charge in [0.25, 0.3) is 0 Å². The fourth-order valence-corrected chi connectivity index (χ4v) is 1.82. The summed E-state index contributed by atoms with van der Waals surface area (Å²) in [6.45, 7) is 6.88. The van der Waals surface area contributed by atoms with Gasteiger partial charge in [0.05, 0.1) is 5.60 Å². The smallest absolute Gasteiger partial charge is 0.0743 e. The Morgan fingerprint density at radius 3 is 2.92 bits per heavy atom. The van der Waals surface area contributed by atoms with E-state index in [4.69, 9.17) is 0 Å². The number of rotatable bonds is 5. The van der Waals surface area contributed by atoms with Crippen molar-refractivity contribution in [1.29, 1.82) is 0 Å². The Labute approximate surface area is 80.9 Å². The van der Waals surface area contributed by atoms with Crippen LogP contribution in [0, 0.1) is 0 Å². The zero-order valence-corrected chi connectivity index (χ0v) is 8.77. The van der Waals surface area contributed by atoms with Crippen molar-refractivity contribution in [2.24, 2.45) is 0 Å². The van der Waals surface area contributed by atoms with Gasteiger partial charge in [0.15, 0.2) is 0 Å². The first-order chi connectivity index (χ1) is 6.14. The van der Waals surface area contributed by atoms with E-state index in [0.717, 1.165) is 25.9 Å². The maximum Gasteiger partial charge on any atom is 0.0743 e. The SMILES string of the molecule is CCCC(C)(O)CNC1CCNC1. The summed E-state index contributed by atoms with van der Waals surface area (Å²) < 4.78 is 0. The van der Waals surface area contributed by atoms with E-state index in [0.29, 0.717) is 12.6 Å². The van der Waals surface area contributed by atoms with Crippen molar-refractivity contribution < 1.29 is 5.11 Å². The highest BCUT2D eigenvalue weighted by Crippen LogP contribution is 2.11. The fraction of sp³-hybridized carbons (Fsp3) is 1.00. The predicted molar refractivity (Wildman–Crippen MR) is 54.8 cm³/mol. The highest BCUT2D eigenvalue weighted by molar-refractivity contribution is 4.82. The standard InChI is InChI=1S/C10H22N2O/c1-3-5-10(2,13)8-12-9-4-6-11-7-9/h9,11-13H,3-8H2,1-2H3. The second kappa shape index (κ2) is 4.94. The van der Waals surface area contributed by atoms with Gasteiger partial charge in [-0.3, -0.25) is 0 Å². The van der Waals surface area contributed by atoms with Gasteiger partial charge >= 0.3 is 0 Å². The van der Waals surface area contributed by atoms with Crippen LogP contribution in [0.1, 0.15) is 33.1 Å². The van der Waals surface area contributed by atoms with Crippen molar-refractivity contribution in [1.82, 2.24) is 10.6 Å². The van der Waals surface area contributed by atoms with E-state index in [1.165, 1.54) is 6.42 Å². The quantitative estimate of drug-likeness (QED) is 0.585. The molecule has 13 heavy (non-hydrogen) atoms. The monoisotopic (exact) mass is 186 g/mol. The Bertz CT molecular complexity index is 142. The Balaban J connectivity index is 2.15. The van der Waals surface area contributed by atoms with E-state index in [1.54, 1.807) is 0 Å². The number of nitrogens with one attached hydrogen (secondary N) is 2. The molecule has 0 aromatic rings. The largest absolute Gasteiger partial charge is 0.389 e. The third-order valence-electron chi connectivity index (χ3n) is 2.62. The molecule has 1 fully saturated rings. The first-order valence-electron chi connectivity index (χ1n) is 5.30. The molecule has 0 aliphatic carbocycles. The summed E-state index contributed by atoms with van der Waals surface area (Å²) in [4.78, 5) is 0. The summed E-state index contributed by atoms with van der Waals surface area (Å²) in [6.07, 6.45) is 3.10. The molecule has 0 spiro atoms. The van der Waals surface area contributed by atoms with Crippen LogP contribution in [0.15, 0.2) is 0 Å². The van der Waals surface area contributed by atoms with Gasteiger partial charge in [-0.2, -0.15) is 0 Å². The Morgan fingerprint density at radius 2 is 2.38 bits per heavy atom. The van der Waals surface area contributed by atoms with Crippen LogP contribution in [0.4, 0.5) is 0 Å². The molecule has 1 aliphatic heterocycles. The molecule has 0 aromatic heterocycles. The summed E-state index contributed by atoms with van der Waals surface area (Å²) in [5.74, 6) is 0. The lowest BCUT2D eigenvalue weighted by atomic mass is 10.0. The lowest BCUT2D eigenvalue weighted by Crippen LogP contribution is -2.43. The highest BCUT2D eigenvalue weighted by atomic mass is 16.3. The molecule has 1 saturated heterocycles. The molecule has 0 aromatic carbocycles. The molecule has 0 saturated carbocycles. The van der Waals surface area contributed by atoms with Gasteiger partial charge in [0.2, 0.25) is 0 Å². The van der Waals surface area contributed by atoms with Crippen LogP contribution in [-0.2, 0) is 0 Å². The molecule has 1 heterocycles. The van der Waals surface area contributed by atoms with Crippen LogP contribution in [0.3, 0.4) is 0 Å². The Hall–Kier alpha value is -0.120. The fourth-order valence-electron chi connectivity index (χ4n) is 1.82. The predicted octanol–water partition coefficient (Wildman–Crippen LogP) is 0.489. The molecular weight excluding hydrogens is 164 g/mol. The molecular formula is C10H22N2O. The number of aliphatic hydroxyl groups is 1. The lowest BCUT2D eigenvalue weighted by molar-refractivity contribution is 0.0477. The summed E-state index contributed by atoms with van der Waals surface area (Å²) in [7, 11) is 0. The third-order valence-corrected chi connectivity index (χ3v) is 2.62. The molecule has 0 bridgehead atoms. The van der Waals surface area contributed by atoms with Crippen LogP contribution in [0.5, 0.6) is 0 Å². The van der Waals surface area contributed by atoms with Gasteiger partial charge in [0.1, 0.15) is 0 Å². The summed E-state index contributed by atoms with van der Waals surface area (Å²) in [6, 6.07) is 0.559. The van der Waals surface area contributed by atoms with Crippen LogP contribution < -0.4 is 10.6 Å². The van der Waals surface area contributed by atoms with E-state index < -0.39 is 5.60 Å². The maximum absolute atomic E-state index is 9.89. The van der Waals surface area contributed by atoms with Crippen molar-refractivity contribution in [2.75, 3.05) is 19.6 Å². The molecule has 0 amide bonds. The number of hydrogen-bond donors (Lipinski definition) is 3. The molecule has 3 N–H and O–H groups in total. The van der Waals surface area contributed by atoms with Crippen molar-refractivity contribution in [3.63, 3.8) is 0 Å². The van der Waals surface area contributed by atoms with Crippen LogP contribution in [0.25, 0.3) is 0 Å². The molecule has 3 nitrogen and oxygen atoms in total. The average molecular weight is 186 g/mol. The zero-order valence-electron chi connectivity index (χ0n) is 8.77. The third kappa shape index (κ3) is 4.07. The summed E-state index contributed by atoms with van der Waals surface area (Å²) in [5.41, 5.74) is -0.530. The summed E-state index contributed by atoms with van der Waals surface area (Å²) in [5, 5.41) is 16.6. The molecule has 78 valence electrons. The van der Waals surface area contributed by atoms with Gasteiger partial charge in [-0.05, 0) is 26.3 Å². The van der Waals surface area contributed by atoms with E-state index in [-0.39, 0.29) is 0 Å². The van der Waals surface area contributed by atoms with Gasteiger partial charge in [0, 0.05) is 19.1 Å². The minimum Gasteiger partial charge on any atom is -0.389 e. The second-order valence-corrected chi connectivity index (χ2v) is 4.32. The van der Waals surface area contributed by atoms with Crippen LogP contribution in [-0.4, -0.2) is 36.4 Å². The summed E-state index contributed by atoms with van der Waals surface area (Å²) >= 11 is 0. The Kier molecular flexibility index (Phi) is 4.16. The zero-order chi connectivity index (χ0) is 9.73. The second-order valence-electron chi connectivity index (χ2n) is 4.32.